The van der Waals surface area contributed by atoms with Crippen LogP contribution in [0.5, 0.6) is 0 Å². The summed E-state index contributed by atoms with van der Waals surface area (Å²) in [6.45, 7) is 15.6. The van der Waals surface area contributed by atoms with Crippen LogP contribution in [0.25, 0.3) is 22.3 Å². The first-order valence-electron chi connectivity index (χ1n) is 43.8. The first-order chi connectivity index (χ1) is 62.5. The lowest BCUT2D eigenvalue weighted by Gasteiger charge is -2.37. The van der Waals surface area contributed by atoms with E-state index in [2.05, 4.69) is 42.3 Å². The van der Waals surface area contributed by atoms with Gasteiger partial charge in [0.1, 0.15) is 53.4 Å². The summed E-state index contributed by atoms with van der Waals surface area (Å²) in [5, 5.41) is 42.3. The Labute approximate surface area is 755 Å². The third-order valence-electron chi connectivity index (χ3n) is 21.8. The number of amides is 6. The van der Waals surface area contributed by atoms with Crippen molar-refractivity contribution in [1.29, 1.82) is 0 Å². The fraction of sp³-hybridized carbons (Fsp3) is 0.324. The third-order valence-corrected chi connectivity index (χ3v) is 21.8. The molecule has 0 fully saturated rings. The summed E-state index contributed by atoms with van der Waals surface area (Å²) in [6, 6.07) is 86.9. The zero-order valence-corrected chi connectivity index (χ0v) is 74.2. The second-order valence-corrected chi connectivity index (χ2v) is 33.2. The number of nitrogens with two attached hydrogens (primary N) is 2. The van der Waals surface area contributed by atoms with Gasteiger partial charge in [-0.1, -0.05) is 298 Å². The number of nitrogens with zero attached hydrogens (tertiary/aromatic N) is 3. The molecule has 6 amide bonds. The molecular weight excluding hydrogens is 1640 g/mol. The number of carboxylic acid groups (broad SMARTS) is 1. The van der Waals surface area contributed by atoms with Gasteiger partial charge in [0.25, 0.3) is 0 Å². The van der Waals surface area contributed by atoms with Crippen molar-refractivity contribution in [2.24, 2.45) is 27.9 Å². The molecule has 10 aromatic carbocycles. The Morgan fingerprint density at radius 1 is 0.442 bits per heavy atom. The maximum atomic E-state index is 14.2. The Kier molecular flexibility index (Phi) is 36.4. The SMILES string of the molecule is C[C@@H](CCCCNC(=O)OC(C)(C)C)/C(N)=N/O.C[C@@H](CCCCNC(=O)OC(C)(C)C)/[N+](N)=N/OC(=O)[C@H](CCC(=O)NC(c1ccccc1)(c1ccccc1)c1ccccc1)NC(=O)OCC1c2ccccc2-c2ccccc21.O=C(CC[C@H](NC(=O)OCC1c2ccccc2-c2ccccc21)C(=O)O)NC(c1ccccc1)(c1ccccc1)c1ccccc1.[2H]CF. The van der Waals surface area contributed by atoms with E-state index in [1.165, 1.54) is 0 Å². The number of carbonyl (C=O) groups is 8. The minimum Gasteiger partial charge on any atom is -0.480 e. The number of carbonyl (C=O) groups excluding carboxylic acids is 7. The number of hydrogen-bond acceptors (Lipinski definition) is 16. The molecule has 2 aliphatic carbocycles. The molecule has 0 unspecified atom stereocenters. The van der Waals surface area contributed by atoms with Gasteiger partial charge in [-0.05, 0) is 158 Å². The number of alkyl carbamates (subject to hydrolysis) is 4. The Morgan fingerprint density at radius 2 is 0.736 bits per heavy atom. The molecule has 27 heteroatoms. The van der Waals surface area contributed by atoms with E-state index >= 15 is 0 Å². The number of fused-ring (bicyclic) bond motifs is 6. The molecule has 0 radical (unpaired) electrons. The molecule has 0 saturated carbocycles. The predicted molar refractivity (Wildman–Crippen MR) is 493 cm³/mol. The van der Waals surface area contributed by atoms with E-state index in [9.17, 15) is 47.9 Å². The molecule has 0 heterocycles. The van der Waals surface area contributed by atoms with Crippen LogP contribution in [0.1, 0.15) is 188 Å². The summed E-state index contributed by atoms with van der Waals surface area (Å²) in [5.41, 5.74) is 15.9. The first kappa shape index (κ1) is 97.0. The Bertz CT molecular complexity index is 5100. The van der Waals surface area contributed by atoms with Crippen LogP contribution >= 0.6 is 0 Å². The largest absolute Gasteiger partial charge is 0.480 e. The van der Waals surface area contributed by atoms with Gasteiger partial charge in [0.2, 0.25) is 23.1 Å². The average Bonchev–Trinajstić information content (AvgIpc) is 1.41. The number of carboxylic acids is 1. The number of nitrogens with one attached hydrogen (secondary N) is 6. The van der Waals surface area contributed by atoms with Crippen molar-refractivity contribution in [2.45, 2.75) is 172 Å². The van der Waals surface area contributed by atoms with Gasteiger partial charge < -0.3 is 66.9 Å². The number of halogens is 1. The second kappa shape index (κ2) is 48.5. The van der Waals surface area contributed by atoms with Gasteiger partial charge in [0, 0.05) is 61.8 Å². The van der Waals surface area contributed by atoms with Crippen molar-refractivity contribution in [3.05, 3.63) is 335 Å². The number of ether oxygens (including phenoxy) is 4. The number of hydrazine groups is 1. The van der Waals surface area contributed by atoms with Crippen LogP contribution in [0.4, 0.5) is 23.6 Å². The Morgan fingerprint density at radius 3 is 1.05 bits per heavy atom. The predicted octanol–water partition coefficient (Wildman–Crippen LogP) is 18.2. The van der Waals surface area contributed by atoms with E-state index in [-0.39, 0.29) is 80.3 Å². The summed E-state index contributed by atoms with van der Waals surface area (Å²) in [7, 11) is -1.00. The van der Waals surface area contributed by atoms with Crippen molar-refractivity contribution in [1.82, 2.24) is 31.9 Å². The van der Waals surface area contributed by atoms with Crippen LogP contribution in [-0.4, -0.2) is 132 Å². The number of rotatable bonds is 35. The molecule has 0 aliphatic heterocycles. The lowest BCUT2D eigenvalue weighted by molar-refractivity contribution is -0.656. The number of oxime groups is 1. The number of benzene rings is 10. The van der Waals surface area contributed by atoms with Gasteiger partial charge in [0.15, 0.2) is 0 Å². The van der Waals surface area contributed by atoms with E-state index < -0.39 is 77.8 Å². The van der Waals surface area contributed by atoms with Crippen LogP contribution in [-0.2, 0) is 54.0 Å². The lowest BCUT2D eigenvalue weighted by Crippen LogP contribution is -2.48. The van der Waals surface area contributed by atoms with E-state index in [1.807, 2.05) is 314 Å². The van der Waals surface area contributed by atoms with E-state index in [0.29, 0.717) is 32.4 Å². The number of alkyl halides is 1. The maximum absolute atomic E-state index is 14.2. The molecule has 4 atom stereocenters. The van der Waals surface area contributed by atoms with Crippen molar-refractivity contribution in [3.63, 3.8) is 0 Å². The van der Waals surface area contributed by atoms with Gasteiger partial charge in [-0.2, -0.15) is 5.84 Å². The average molecular weight is 1760 g/mol. The highest BCUT2D eigenvalue weighted by atomic mass is 19.1. The fourth-order valence-electron chi connectivity index (χ4n) is 15.5. The molecule has 12 rings (SSSR count). The van der Waals surface area contributed by atoms with Gasteiger partial charge in [-0.25, -0.2) is 28.8 Å². The van der Waals surface area contributed by atoms with E-state index in [4.69, 9.17) is 41.9 Å². The van der Waals surface area contributed by atoms with Crippen molar-refractivity contribution in [3.8, 4) is 22.3 Å². The summed E-state index contributed by atoms with van der Waals surface area (Å²) in [6.07, 6.45) is 1.29. The highest BCUT2D eigenvalue weighted by Crippen LogP contribution is 2.47. The summed E-state index contributed by atoms with van der Waals surface area (Å²) in [4.78, 5) is 110. The number of unbranched alkanes of at least 4 members (excludes halogenated alkanes) is 2. The quantitative estimate of drug-likeness (QED) is 0.00168. The van der Waals surface area contributed by atoms with E-state index in [1.54, 1.807) is 20.8 Å². The molecule has 0 bridgehead atoms. The highest BCUT2D eigenvalue weighted by molar-refractivity contribution is 5.86. The zero-order chi connectivity index (χ0) is 93.6. The van der Waals surface area contributed by atoms with Crippen molar-refractivity contribution >= 4 is 54.0 Å². The second-order valence-electron chi connectivity index (χ2n) is 33.2. The fourth-order valence-corrected chi connectivity index (χ4v) is 15.5. The molecular formula is C102H119FN11O15+. The van der Waals surface area contributed by atoms with Crippen LogP contribution in [0.3, 0.4) is 0 Å². The Hall–Kier alpha value is -14.2. The lowest BCUT2D eigenvalue weighted by atomic mass is 9.77. The molecule has 0 saturated heterocycles. The molecule has 0 spiro atoms. The first-order valence-corrected chi connectivity index (χ1v) is 43.1. The molecule has 2 aliphatic rings. The molecule has 129 heavy (non-hydrogen) atoms. The summed E-state index contributed by atoms with van der Waals surface area (Å²) < 4.78 is 37.2. The normalized spacial score (nSPS) is 13.2. The summed E-state index contributed by atoms with van der Waals surface area (Å²) >= 11 is 0. The monoisotopic (exact) mass is 1760 g/mol. The zero-order valence-electron chi connectivity index (χ0n) is 75.2. The standard InChI is InChI=1S/C50H56N6O7.C39H34N2O5.C12H25N3O3.CH3F/c1-35(20-18-19-33-52-47(59)62-49(2,3)4)56(51)55-63-46(58)44(53-48(60)61-34-43-41-29-16-14-27-39(41)40-28-15-17-30-42(40)43)31-32-45(57)54-50(36-21-8-5-9-22-36,37-23-10-6-11-24-37)38-25-12-7-13-26-38;42-36(41-39(27-14-4-1-5-15-27,28-16-6-2-7-17-28)29-18-8-3-9-19-29)25-24-35(37(43)44)40-38(45)46-26-34-32-22-12-10-20-30(32)31-21-11-13-23-33(31)34;1-9(10(13)15-17)7-5-6-8-14-11(16)18-12(2,3)4;1-2/h5-17,21-30,35,43-44H,18-20,31-34H2,1-4H3,(H4-,51,52,53,54,55,57,59,60);1-23,34-35H,24-26H2,(H,40,45)(H,41,42)(H,43,44);9,17H,5-8H2,1-4H3,(H2,13,15)(H,14,16);1H3/p+1/t35-,44-;35-;9-;/m000./s1/i;;;1D. The third kappa shape index (κ3) is 28.1. The van der Waals surface area contributed by atoms with Gasteiger partial charge in [-0.15, -0.1) is 0 Å². The summed E-state index contributed by atoms with van der Waals surface area (Å²) in [5.74, 6) is 3.18. The minimum absolute atomic E-state index is 0.0155. The van der Waals surface area contributed by atoms with Crippen LogP contribution in [0.2, 0.25) is 0 Å². The smallest absolute Gasteiger partial charge is 0.407 e. The molecule has 26 nitrogen and oxygen atoms in total. The number of aliphatic carboxylic acids is 1. The van der Waals surface area contributed by atoms with Crippen molar-refractivity contribution in [2.75, 3.05) is 33.5 Å². The molecule has 0 aromatic heterocycles. The van der Waals surface area contributed by atoms with Gasteiger partial charge in [0.05, 0.1) is 8.52 Å². The molecule has 10 aromatic rings. The van der Waals surface area contributed by atoms with Crippen molar-refractivity contribution < 1.29 is 83.0 Å². The highest BCUT2D eigenvalue weighted by Gasteiger charge is 2.41. The topological polar surface area (TPSA) is 375 Å². The van der Waals surface area contributed by atoms with E-state index in [0.717, 1.165) is 102 Å². The van der Waals surface area contributed by atoms with Crippen LogP contribution in [0, 0.1) is 5.92 Å². The maximum Gasteiger partial charge on any atom is 0.407 e. The van der Waals surface area contributed by atoms with Crippen LogP contribution in [0.15, 0.2) is 289 Å². The number of hydrogen-bond donors (Lipinski definition) is 10. The Balaban J connectivity index is 0.000000247. The minimum atomic E-state index is -1.34. The van der Waals surface area contributed by atoms with Crippen LogP contribution < -0.4 is 43.5 Å². The molecule has 12 N–H and O–H groups in total. The molecule has 678 valence electrons. The van der Waals surface area contributed by atoms with Gasteiger partial charge >= 0.3 is 36.3 Å². The number of amidine groups is 1. The van der Waals surface area contributed by atoms with Gasteiger partial charge in [-0.3, -0.25) is 18.8 Å².